The molecule has 0 unspecified atom stereocenters. The summed E-state index contributed by atoms with van der Waals surface area (Å²) in [4.78, 5) is 12.5. The van der Waals surface area contributed by atoms with Gasteiger partial charge in [-0.2, -0.15) is 0 Å². The number of ether oxygens (including phenoxy) is 2. The van der Waals surface area contributed by atoms with E-state index >= 15 is 0 Å². The second-order valence-electron chi connectivity index (χ2n) is 5.77. The predicted molar refractivity (Wildman–Crippen MR) is 80.6 cm³/mol. The molecule has 4 nitrogen and oxygen atoms in total. The van der Waals surface area contributed by atoms with Crippen molar-refractivity contribution in [3.8, 4) is 11.5 Å². The largest absolute Gasteiger partial charge is 0.454 e. The van der Waals surface area contributed by atoms with Crippen LogP contribution in [-0.2, 0) is 10.2 Å². The van der Waals surface area contributed by atoms with E-state index in [-0.39, 0.29) is 12.5 Å². The van der Waals surface area contributed by atoms with Gasteiger partial charge in [0.05, 0.1) is 11.1 Å². The fraction of sp³-hybridized carbons (Fsp3) is 0.235. The first-order valence-electron chi connectivity index (χ1n) is 7.04. The van der Waals surface area contributed by atoms with Crippen LogP contribution in [0.25, 0.3) is 0 Å². The zero-order valence-electron chi connectivity index (χ0n) is 12.7. The maximum absolute atomic E-state index is 13.7. The summed E-state index contributed by atoms with van der Waals surface area (Å²) in [5.41, 5.74) is -0.311. The molecule has 0 fully saturated rings. The van der Waals surface area contributed by atoms with Crippen molar-refractivity contribution in [3.63, 3.8) is 0 Å². The van der Waals surface area contributed by atoms with Crippen LogP contribution in [0, 0.1) is 11.6 Å². The Morgan fingerprint density at radius 1 is 1.09 bits per heavy atom. The van der Waals surface area contributed by atoms with E-state index in [1.54, 1.807) is 32.0 Å². The summed E-state index contributed by atoms with van der Waals surface area (Å²) in [6.07, 6.45) is 0. The summed E-state index contributed by atoms with van der Waals surface area (Å²) < 4.78 is 37.2. The van der Waals surface area contributed by atoms with Crippen molar-refractivity contribution < 1.29 is 23.0 Å². The number of carbonyl (C=O) groups excluding carboxylic acids is 1. The highest BCUT2D eigenvalue weighted by molar-refractivity contribution is 5.98. The van der Waals surface area contributed by atoms with Gasteiger partial charge in [-0.05, 0) is 43.7 Å². The maximum atomic E-state index is 13.7. The Morgan fingerprint density at radius 3 is 2.57 bits per heavy atom. The lowest BCUT2D eigenvalue weighted by Gasteiger charge is -2.24. The fourth-order valence-corrected chi connectivity index (χ4v) is 2.29. The number of benzene rings is 2. The number of rotatable bonds is 3. The molecule has 2 aromatic rings. The van der Waals surface area contributed by atoms with Crippen molar-refractivity contribution in [2.45, 2.75) is 19.3 Å². The van der Waals surface area contributed by atoms with Crippen molar-refractivity contribution in [2.24, 2.45) is 0 Å². The molecule has 23 heavy (non-hydrogen) atoms. The molecule has 120 valence electrons. The second-order valence-corrected chi connectivity index (χ2v) is 5.77. The van der Waals surface area contributed by atoms with Crippen LogP contribution in [0.2, 0.25) is 0 Å². The van der Waals surface area contributed by atoms with Crippen LogP contribution < -0.4 is 14.8 Å². The number of fused-ring (bicyclic) bond motifs is 1. The standard InChI is InChI=1S/C17H15F2NO3/c1-17(2,10-3-6-14-15(7-10)23-9-22-14)16(21)20-13-5-4-11(18)8-12(13)19/h3-8H,9H2,1-2H3,(H,20,21). The Bertz CT molecular complexity index is 774. The first-order chi connectivity index (χ1) is 10.9. The molecule has 0 saturated heterocycles. The molecule has 6 heteroatoms. The van der Waals surface area contributed by atoms with E-state index in [1.807, 2.05) is 0 Å². The van der Waals surface area contributed by atoms with Gasteiger partial charge < -0.3 is 14.8 Å². The van der Waals surface area contributed by atoms with Crippen LogP contribution in [0.4, 0.5) is 14.5 Å². The van der Waals surface area contributed by atoms with Gasteiger partial charge in [0.1, 0.15) is 11.6 Å². The van der Waals surface area contributed by atoms with Gasteiger partial charge >= 0.3 is 0 Å². The van der Waals surface area contributed by atoms with Gasteiger partial charge in [-0.3, -0.25) is 4.79 Å². The lowest BCUT2D eigenvalue weighted by Crippen LogP contribution is -2.35. The Morgan fingerprint density at radius 2 is 1.83 bits per heavy atom. The SMILES string of the molecule is CC(C)(C(=O)Nc1ccc(F)cc1F)c1ccc2c(c1)OCO2. The molecular formula is C17H15F2NO3. The lowest BCUT2D eigenvalue weighted by atomic mass is 9.83. The molecule has 2 aromatic carbocycles. The Labute approximate surface area is 132 Å². The summed E-state index contributed by atoms with van der Waals surface area (Å²) >= 11 is 0. The van der Waals surface area contributed by atoms with E-state index in [2.05, 4.69) is 5.32 Å². The van der Waals surface area contributed by atoms with Crippen LogP contribution in [-0.4, -0.2) is 12.7 Å². The minimum absolute atomic E-state index is 0.0646. The first-order valence-corrected chi connectivity index (χ1v) is 7.04. The molecule has 0 bridgehead atoms. The number of amides is 1. The van der Waals surface area contributed by atoms with E-state index in [1.165, 1.54) is 6.07 Å². The van der Waals surface area contributed by atoms with Crippen molar-refractivity contribution in [2.75, 3.05) is 12.1 Å². The van der Waals surface area contributed by atoms with Gasteiger partial charge in [-0.25, -0.2) is 8.78 Å². The van der Waals surface area contributed by atoms with Gasteiger partial charge in [0.2, 0.25) is 12.7 Å². The van der Waals surface area contributed by atoms with Gasteiger partial charge in [-0.15, -0.1) is 0 Å². The van der Waals surface area contributed by atoms with Gasteiger partial charge in [-0.1, -0.05) is 6.07 Å². The number of carbonyl (C=O) groups is 1. The van der Waals surface area contributed by atoms with Crippen molar-refractivity contribution >= 4 is 11.6 Å². The molecule has 0 saturated carbocycles. The van der Waals surface area contributed by atoms with E-state index in [0.717, 1.165) is 12.1 Å². The number of hydrogen-bond acceptors (Lipinski definition) is 3. The zero-order valence-corrected chi connectivity index (χ0v) is 12.7. The Hall–Kier alpha value is -2.63. The highest BCUT2D eigenvalue weighted by atomic mass is 19.1. The third kappa shape index (κ3) is 2.84. The monoisotopic (exact) mass is 319 g/mol. The molecule has 0 aromatic heterocycles. The van der Waals surface area contributed by atoms with Crippen molar-refractivity contribution in [1.29, 1.82) is 0 Å². The molecule has 0 atom stereocenters. The molecule has 1 heterocycles. The van der Waals surface area contributed by atoms with Gasteiger partial charge in [0, 0.05) is 6.07 Å². The molecule has 1 N–H and O–H groups in total. The molecule has 0 radical (unpaired) electrons. The molecule has 1 aliphatic heterocycles. The number of nitrogens with one attached hydrogen (secondary N) is 1. The summed E-state index contributed by atoms with van der Waals surface area (Å²) in [5.74, 6) is -0.747. The van der Waals surface area contributed by atoms with Crippen molar-refractivity contribution in [1.82, 2.24) is 0 Å². The van der Waals surface area contributed by atoms with Crippen LogP contribution >= 0.6 is 0 Å². The van der Waals surface area contributed by atoms with Gasteiger partial charge in [0.25, 0.3) is 0 Å². The lowest BCUT2D eigenvalue weighted by molar-refractivity contribution is -0.120. The number of halogens is 2. The van der Waals surface area contributed by atoms with Crippen LogP contribution in [0.3, 0.4) is 0 Å². The highest BCUT2D eigenvalue weighted by Gasteiger charge is 2.32. The normalized spacial score (nSPS) is 13.0. The predicted octanol–water partition coefficient (Wildman–Crippen LogP) is 3.61. The summed E-state index contributed by atoms with van der Waals surface area (Å²) in [6, 6.07) is 8.22. The third-order valence-corrected chi connectivity index (χ3v) is 3.84. The molecule has 0 aliphatic carbocycles. The van der Waals surface area contributed by atoms with Crippen LogP contribution in [0.5, 0.6) is 11.5 Å². The fourth-order valence-electron chi connectivity index (χ4n) is 2.29. The molecular weight excluding hydrogens is 304 g/mol. The van der Waals surface area contributed by atoms with E-state index in [9.17, 15) is 13.6 Å². The Balaban J connectivity index is 1.85. The van der Waals surface area contributed by atoms with Crippen LogP contribution in [0.15, 0.2) is 36.4 Å². The number of hydrogen-bond donors (Lipinski definition) is 1. The topological polar surface area (TPSA) is 47.6 Å². The average Bonchev–Trinajstić information content (AvgIpc) is 2.97. The molecule has 0 spiro atoms. The second kappa shape index (κ2) is 5.53. The maximum Gasteiger partial charge on any atom is 0.234 e. The summed E-state index contributed by atoms with van der Waals surface area (Å²) in [5, 5.41) is 2.49. The molecule has 3 rings (SSSR count). The van der Waals surface area contributed by atoms with E-state index in [0.29, 0.717) is 17.1 Å². The molecule has 1 amide bonds. The average molecular weight is 319 g/mol. The molecule has 1 aliphatic rings. The van der Waals surface area contributed by atoms with Gasteiger partial charge in [0.15, 0.2) is 11.5 Å². The summed E-state index contributed by atoms with van der Waals surface area (Å²) in [7, 11) is 0. The van der Waals surface area contributed by atoms with E-state index < -0.39 is 23.0 Å². The minimum Gasteiger partial charge on any atom is -0.454 e. The minimum atomic E-state index is -0.943. The summed E-state index contributed by atoms with van der Waals surface area (Å²) in [6.45, 7) is 3.56. The van der Waals surface area contributed by atoms with Crippen LogP contribution in [0.1, 0.15) is 19.4 Å². The Kier molecular flexibility index (Phi) is 3.67. The van der Waals surface area contributed by atoms with Crippen molar-refractivity contribution in [3.05, 3.63) is 53.6 Å². The number of anilines is 1. The first kappa shape index (κ1) is 15.3. The quantitative estimate of drug-likeness (QED) is 0.940. The van der Waals surface area contributed by atoms with E-state index in [4.69, 9.17) is 9.47 Å². The highest BCUT2D eigenvalue weighted by Crippen LogP contribution is 2.36. The smallest absolute Gasteiger partial charge is 0.234 e. The third-order valence-electron chi connectivity index (χ3n) is 3.84. The zero-order chi connectivity index (χ0) is 16.6.